The lowest BCUT2D eigenvalue weighted by Crippen LogP contribution is -2.41. The molecule has 1 saturated carbocycles. The molecule has 1 N–H and O–H groups in total. The zero-order chi connectivity index (χ0) is 23.3. The van der Waals surface area contributed by atoms with E-state index in [2.05, 4.69) is 10.9 Å². The van der Waals surface area contributed by atoms with Crippen molar-refractivity contribution in [2.75, 3.05) is 13.1 Å². The van der Waals surface area contributed by atoms with Crippen LogP contribution < -0.4 is 4.72 Å². The third-order valence-corrected chi connectivity index (χ3v) is 7.89. The van der Waals surface area contributed by atoms with Crippen molar-refractivity contribution in [2.45, 2.75) is 63.2 Å². The fourth-order valence-corrected chi connectivity index (χ4v) is 5.53. The maximum atomic E-state index is 12.5. The summed E-state index contributed by atoms with van der Waals surface area (Å²) in [6, 6.07) is 5.31. The average Bonchev–Trinajstić information content (AvgIpc) is 3.52. The Labute approximate surface area is 189 Å². The fraction of sp³-hybridized carbons (Fsp3) is 0.565. The Morgan fingerprint density at radius 3 is 2.34 bits per heavy atom. The van der Waals surface area contributed by atoms with Gasteiger partial charge >= 0.3 is 6.09 Å². The number of hydrogen-bond donors (Lipinski definition) is 1. The predicted octanol–water partition coefficient (Wildman–Crippen LogP) is 3.51. The smallest absolute Gasteiger partial charge is 0.410 e. The minimum absolute atomic E-state index is 0.273. The standard InChI is InChI=1S/C23H31N3O5S/c1-23(2,3)31-22(28)26-11-9-15(10-12-26)19-14-25(4)20-13-16(5-8-18(19)20)21(27)24-32(29,30)17-6-7-17/h5,8,13-15,17H,6-7,9-12H2,1-4H3,(H,24,27). The number of sulfonamides is 1. The third-order valence-electron chi connectivity index (χ3n) is 6.07. The summed E-state index contributed by atoms with van der Waals surface area (Å²) in [4.78, 5) is 26.6. The Kier molecular flexibility index (Phi) is 5.73. The first-order valence-electron chi connectivity index (χ1n) is 11.1. The summed E-state index contributed by atoms with van der Waals surface area (Å²) in [5, 5.41) is 0.605. The van der Waals surface area contributed by atoms with E-state index in [0.717, 1.165) is 23.7 Å². The first-order valence-corrected chi connectivity index (χ1v) is 12.6. The molecule has 9 heteroatoms. The molecule has 2 aromatic rings. The van der Waals surface area contributed by atoms with Gasteiger partial charge in [-0.15, -0.1) is 0 Å². The molecule has 8 nitrogen and oxygen atoms in total. The highest BCUT2D eigenvalue weighted by atomic mass is 32.2. The van der Waals surface area contributed by atoms with Crippen molar-refractivity contribution in [1.82, 2.24) is 14.2 Å². The van der Waals surface area contributed by atoms with Gasteiger partial charge in [0.2, 0.25) is 10.0 Å². The lowest BCUT2D eigenvalue weighted by atomic mass is 9.89. The number of piperidine rings is 1. The lowest BCUT2D eigenvalue weighted by Gasteiger charge is -2.33. The highest BCUT2D eigenvalue weighted by molar-refractivity contribution is 7.91. The first kappa shape index (κ1) is 22.6. The average molecular weight is 462 g/mol. The van der Waals surface area contributed by atoms with Gasteiger partial charge in [0.1, 0.15) is 5.60 Å². The van der Waals surface area contributed by atoms with E-state index in [1.54, 1.807) is 17.0 Å². The molecule has 2 aliphatic rings. The van der Waals surface area contributed by atoms with Crippen molar-refractivity contribution < 1.29 is 22.7 Å². The van der Waals surface area contributed by atoms with E-state index in [9.17, 15) is 18.0 Å². The molecule has 1 aromatic heterocycles. The minimum Gasteiger partial charge on any atom is -0.444 e. The summed E-state index contributed by atoms with van der Waals surface area (Å²) >= 11 is 0. The van der Waals surface area contributed by atoms with Gasteiger partial charge in [-0.2, -0.15) is 0 Å². The number of aromatic nitrogens is 1. The molecule has 1 aromatic carbocycles. The summed E-state index contributed by atoms with van der Waals surface area (Å²) in [6.45, 7) is 6.86. The van der Waals surface area contributed by atoms with E-state index in [0.29, 0.717) is 37.4 Å². The molecule has 0 atom stereocenters. The summed E-state index contributed by atoms with van der Waals surface area (Å²) in [5.41, 5.74) is 1.88. The van der Waals surface area contributed by atoms with Crippen LogP contribution in [0.15, 0.2) is 24.4 Å². The number of hydrogen-bond acceptors (Lipinski definition) is 5. The number of nitrogens with zero attached hydrogens (tertiary/aromatic N) is 2. The van der Waals surface area contributed by atoms with Crippen LogP contribution in [0.5, 0.6) is 0 Å². The minimum atomic E-state index is -3.58. The second-order valence-electron chi connectivity index (χ2n) is 9.84. The molecule has 0 spiro atoms. The van der Waals surface area contributed by atoms with Crippen molar-refractivity contribution in [1.29, 1.82) is 0 Å². The van der Waals surface area contributed by atoms with E-state index in [1.165, 1.54) is 5.56 Å². The van der Waals surface area contributed by atoms with Crippen LogP contribution in [0.25, 0.3) is 10.9 Å². The second kappa shape index (κ2) is 8.10. The molecule has 2 heterocycles. The summed E-state index contributed by atoms with van der Waals surface area (Å²) in [5.74, 6) is -0.292. The van der Waals surface area contributed by atoms with E-state index >= 15 is 0 Å². The van der Waals surface area contributed by atoms with E-state index in [1.807, 2.05) is 38.5 Å². The topological polar surface area (TPSA) is 97.7 Å². The monoisotopic (exact) mass is 461 g/mol. The zero-order valence-corrected chi connectivity index (χ0v) is 19.9. The third kappa shape index (κ3) is 4.77. The molecule has 4 rings (SSSR count). The van der Waals surface area contributed by atoms with Crippen LogP contribution in [0.2, 0.25) is 0 Å². The largest absolute Gasteiger partial charge is 0.444 e. The van der Waals surface area contributed by atoms with Crippen molar-refractivity contribution in [3.8, 4) is 0 Å². The summed E-state index contributed by atoms with van der Waals surface area (Å²) in [7, 11) is -1.66. The van der Waals surface area contributed by atoms with E-state index < -0.39 is 26.8 Å². The maximum Gasteiger partial charge on any atom is 0.410 e. The van der Waals surface area contributed by atoms with Crippen molar-refractivity contribution in [2.24, 2.45) is 7.05 Å². The Morgan fingerprint density at radius 2 is 1.75 bits per heavy atom. The molecule has 2 amide bonds. The number of nitrogens with one attached hydrogen (secondary N) is 1. The number of fused-ring (bicyclic) bond motifs is 1. The first-order chi connectivity index (χ1) is 14.9. The molecule has 0 radical (unpaired) electrons. The molecule has 0 bridgehead atoms. The zero-order valence-electron chi connectivity index (χ0n) is 19.1. The maximum absolute atomic E-state index is 12.5. The molecule has 32 heavy (non-hydrogen) atoms. The van der Waals surface area contributed by atoms with Crippen molar-refractivity contribution >= 4 is 32.9 Å². The predicted molar refractivity (Wildman–Crippen MR) is 122 cm³/mol. The van der Waals surface area contributed by atoms with Crippen LogP contribution in [0.1, 0.15) is 68.3 Å². The highest BCUT2D eigenvalue weighted by Crippen LogP contribution is 2.35. The number of carbonyl (C=O) groups excluding carboxylic acids is 2. The number of rotatable bonds is 4. The molecule has 1 aliphatic heterocycles. The molecule has 1 aliphatic carbocycles. The molecule has 2 fully saturated rings. The number of likely N-dealkylation sites (tertiary alicyclic amines) is 1. The summed E-state index contributed by atoms with van der Waals surface area (Å²) in [6.07, 6.45) is 4.68. The van der Waals surface area contributed by atoms with Crippen LogP contribution in [0, 0.1) is 0 Å². The van der Waals surface area contributed by atoms with E-state index in [-0.39, 0.29) is 6.09 Å². The molecule has 0 unspecified atom stereocenters. The van der Waals surface area contributed by atoms with Crippen LogP contribution in [-0.4, -0.2) is 53.8 Å². The fourth-order valence-electron chi connectivity index (χ4n) is 4.23. The number of carbonyl (C=O) groups is 2. The molecular weight excluding hydrogens is 430 g/mol. The van der Waals surface area contributed by atoms with Gasteiger partial charge in [-0.1, -0.05) is 6.07 Å². The van der Waals surface area contributed by atoms with Crippen LogP contribution in [0.3, 0.4) is 0 Å². The van der Waals surface area contributed by atoms with Gasteiger partial charge in [0.25, 0.3) is 5.91 Å². The summed E-state index contributed by atoms with van der Waals surface area (Å²) < 4.78 is 33.8. The van der Waals surface area contributed by atoms with Gasteiger partial charge in [-0.05, 0) is 70.1 Å². The van der Waals surface area contributed by atoms with Crippen LogP contribution in [0.4, 0.5) is 4.79 Å². The normalized spacial score (nSPS) is 18.1. The van der Waals surface area contributed by atoms with Gasteiger partial charge in [0.05, 0.1) is 5.25 Å². The number of benzene rings is 1. The van der Waals surface area contributed by atoms with Crippen LogP contribution >= 0.6 is 0 Å². The Balaban J connectivity index is 1.48. The van der Waals surface area contributed by atoms with E-state index in [4.69, 9.17) is 4.74 Å². The number of amides is 2. The number of ether oxygens (including phenoxy) is 1. The Morgan fingerprint density at radius 1 is 1.09 bits per heavy atom. The Hall–Kier alpha value is -2.55. The van der Waals surface area contributed by atoms with Crippen molar-refractivity contribution in [3.63, 3.8) is 0 Å². The molecule has 1 saturated heterocycles. The lowest BCUT2D eigenvalue weighted by molar-refractivity contribution is 0.0205. The van der Waals surface area contributed by atoms with Gasteiger partial charge in [-0.3, -0.25) is 4.79 Å². The molecular formula is C23H31N3O5S. The van der Waals surface area contributed by atoms with Gasteiger partial charge < -0.3 is 14.2 Å². The SMILES string of the molecule is Cn1cc(C2CCN(C(=O)OC(C)(C)C)CC2)c2ccc(C(=O)NS(=O)(=O)C3CC3)cc21. The van der Waals surface area contributed by atoms with Gasteiger partial charge in [0, 0.05) is 42.8 Å². The van der Waals surface area contributed by atoms with Crippen LogP contribution in [-0.2, 0) is 21.8 Å². The number of aryl methyl sites for hydroxylation is 1. The van der Waals surface area contributed by atoms with Gasteiger partial charge in [0.15, 0.2) is 0 Å². The van der Waals surface area contributed by atoms with Crippen molar-refractivity contribution in [3.05, 3.63) is 35.5 Å². The Bertz CT molecular complexity index is 1150. The van der Waals surface area contributed by atoms with Gasteiger partial charge in [-0.25, -0.2) is 17.9 Å². The quantitative estimate of drug-likeness (QED) is 0.751. The second-order valence-corrected chi connectivity index (χ2v) is 11.8. The molecule has 174 valence electrons. The highest BCUT2D eigenvalue weighted by Gasteiger charge is 2.37.